The molecule has 1 aromatic rings. The van der Waals surface area contributed by atoms with Crippen LogP contribution in [0, 0.1) is 11.8 Å². The smallest absolute Gasteiger partial charge is 0.253 e. The van der Waals surface area contributed by atoms with Crippen molar-refractivity contribution < 1.29 is 9.53 Å². The number of hydrogen-bond acceptors (Lipinski definition) is 3. The number of nitrogens with zero attached hydrogens (tertiary/aromatic N) is 1. The molecular formula is C15H22N2O2. The summed E-state index contributed by atoms with van der Waals surface area (Å²) in [7, 11) is 1.57. The minimum Gasteiger partial charge on any atom is -0.495 e. The van der Waals surface area contributed by atoms with Crippen LogP contribution in [0.4, 0.5) is 5.69 Å². The topological polar surface area (TPSA) is 55.6 Å². The van der Waals surface area contributed by atoms with Gasteiger partial charge in [0.1, 0.15) is 5.75 Å². The summed E-state index contributed by atoms with van der Waals surface area (Å²) in [5.74, 6) is 1.79. The second-order valence-corrected chi connectivity index (χ2v) is 5.61. The van der Waals surface area contributed by atoms with E-state index in [0.717, 1.165) is 13.1 Å². The number of rotatable bonds is 2. The maximum absolute atomic E-state index is 12.5. The van der Waals surface area contributed by atoms with Crippen molar-refractivity contribution in [3.63, 3.8) is 0 Å². The highest BCUT2D eigenvalue weighted by Gasteiger charge is 2.26. The van der Waals surface area contributed by atoms with Gasteiger partial charge in [0.2, 0.25) is 0 Å². The van der Waals surface area contributed by atoms with E-state index in [1.807, 2.05) is 4.90 Å². The summed E-state index contributed by atoms with van der Waals surface area (Å²) in [6.45, 7) is 6.04. The molecule has 1 amide bonds. The summed E-state index contributed by atoms with van der Waals surface area (Å²) >= 11 is 0. The molecule has 0 bridgehead atoms. The summed E-state index contributed by atoms with van der Waals surface area (Å²) in [6.07, 6.45) is 1.19. The summed E-state index contributed by atoms with van der Waals surface area (Å²) in [5, 5.41) is 0. The number of amides is 1. The number of carbonyl (C=O) groups is 1. The first-order valence-electron chi connectivity index (χ1n) is 6.74. The lowest BCUT2D eigenvalue weighted by molar-refractivity contribution is 0.0623. The fourth-order valence-electron chi connectivity index (χ4n) is 2.88. The maximum Gasteiger partial charge on any atom is 0.253 e. The van der Waals surface area contributed by atoms with E-state index < -0.39 is 0 Å². The van der Waals surface area contributed by atoms with Gasteiger partial charge in [-0.2, -0.15) is 0 Å². The number of piperidine rings is 1. The molecule has 0 spiro atoms. The Morgan fingerprint density at radius 1 is 1.32 bits per heavy atom. The molecule has 2 atom stereocenters. The minimum atomic E-state index is 0.0627. The third-order valence-electron chi connectivity index (χ3n) is 3.63. The van der Waals surface area contributed by atoms with Crippen LogP contribution in [0.1, 0.15) is 30.6 Å². The van der Waals surface area contributed by atoms with Crippen molar-refractivity contribution in [3.05, 3.63) is 23.8 Å². The van der Waals surface area contributed by atoms with Crippen LogP contribution < -0.4 is 10.5 Å². The highest BCUT2D eigenvalue weighted by molar-refractivity contribution is 5.95. The van der Waals surface area contributed by atoms with Gasteiger partial charge < -0.3 is 15.4 Å². The predicted molar refractivity (Wildman–Crippen MR) is 76.3 cm³/mol. The second kappa shape index (κ2) is 5.51. The molecule has 1 aromatic carbocycles. The van der Waals surface area contributed by atoms with Gasteiger partial charge in [0.25, 0.3) is 5.91 Å². The van der Waals surface area contributed by atoms with Gasteiger partial charge >= 0.3 is 0 Å². The van der Waals surface area contributed by atoms with E-state index >= 15 is 0 Å². The van der Waals surface area contributed by atoms with Gasteiger partial charge in [0.05, 0.1) is 12.8 Å². The van der Waals surface area contributed by atoms with Gasteiger partial charge in [-0.1, -0.05) is 13.8 Å². The quantitative estimate of drug-likeness (QED) is 0.833. The fraction of sp³-hybridized carbons (Fsp3) is 0.533. The number of likely N-dealkylation sites (tertiary alicyclic amines) is 1. The van der Waals surface area contributed by atoms with Crippen molar-refractivity contribution >= 4 is 11.6 Å². The Labute approximate surface area is 114 Å². The molecular weight excluding hydrogens is 240 g/mol. The Morgan fingerprint density at radius 2 is 1.95 bits per heavy atom. The van der Waals surface area contributed by atoms with E-state index in [9.17, 15) is 4.79 Å². The molecule has 2 rings (SSSR count). The molecule has 104 valence electrons. The van der Waals surface area contributed by atoms with Crippen LogP contribution in [0.5, 0.6) is 5.75 Å². The molecule has 0 unspecified atom stereocenters. The van der Waals surface area contributed by atoms with Crippen LogP contribution in [0.15, 0.2) is 18.2 Å². The average Bonchev–Trinajstić information content (AvgIpc) is 2.36. The van der Waals surface area contributed by atoms with Gasteiger partial charge in [-0.25, -0.2) is 0 Å². The molecule has 1 saturated heterocycles. The molecule has 19 heavy (non-hydrogen) atoms. The summed E-state index contributed by atoms with van der Waals surface area (Å²) in [6, 6.07) is 5.23. The number of anilines is 1. The van der Waals surface area contributed by atoms with E-state index in [2.05, 4.69) is 13.8 Å². The monoisotopic (exact) mass is 262 g/mol. The third kappa shape index (κ3) is 3.00. The lowest BCUT2D eigenvalue weighted by Crippen LogP contribution is -2.42. The van der Waals surface area contributed by atoms with E-state index in [1.54, 1.807) is 25.3 Å². The number of ether oxygens (including phenoxy) is 1. The van der Waals surface area contributed by atoms with Gasteiger partial charge in [0.15, 0.2) is 0 Å². The van der Waals surface area contributed by atoms with Gasteiger partial charge in [-0.05, 0) is 36.5 Å². The van der Waals surface area contributed by atoms with Crippen molar-refractivity contribution in [1.29, 1.82) is 0 Å². The zero-order valence-corrected chi connectivity index (χ0v) is 11.8. The molecule has 1 aliphatic heterocycles. The number of nitrogen functional groups attached to an aromatic ring is 1. The van der Waals surface area contributed by atoms with Crippen molar-refractivity contribution in [2.24, 2.45) is 11.8 Å². The predicted octanol–water partition coefficient (Wildman–Crippen LogP) is 2.40. The molecule has 0 radical (unpaired) electrons. The van der Waals surface area contributed by atoms with E-state index in [0.29, 0.717) is 28.8 Å². The molecule has 0 aromatic heterocycles. The molecule has 1 aliphatic rings. The SMILES string of the molecule is COc1ccc(C(=O)N2C[C@@H](C)C[C@H](C)C2)cc1N. The Morgan fingerprint density at radius 3 is 2.47 bits per heavy atom. The maximum atomic E-state index is 12.5. The largest absolute Gasteiger partial charge is 0.495 e. The van der Waals surface area contributed by atoms with E-state index in [-0.39, 0.29) is 5.91 Å². The highest BCUT2D eigenvalue weighted by Crippen LogP contribution is 2.25. The van der Waals surface area contributed by atoms with Crippen LogP contribution in [0.2, 0.25) is 0 Å². The molecule has 4 nitrogen and oxygen atoms in total. The van der Waals surface area contributed by atoms with Crippen LogP contribution >= 0.6 is 0 Å². The molecule has 4 heteroatoms. The van der Waals surface area contributed by atoms with Crippen LogP contribution in [0.25, 0.3) is 0 Å². The zero-order chi connectivity index (χ0) is 14.0. The van der Waals surface area contributed by atoms with Gasteiger partial charge in [-0.15, -0.1) is 0 Å². The lowest BCUT2D eigenvalue weighted by Gasteiger charge is -2.35. The second-order valence-electron chi connectivity index (χ2n) is 5.61. The van der Waals surface area contributed by atoms with E-state index in [4.69, 9.17) is 10.5 Å². The first-order valence-corrected chi connectivity index (χ1v) is 6.74. The minimum absolute atomic E-state index is 0.0627. The number of hydrogen-bond donors (Lipinski definition) is 1. The van der Waals surface area contributed by atoms with Crippen LogP contribution in [-0.2, 0) is 0 Å². The van der Waals surface area contributed by atoms with Crippen LogP contribution in [-0.4, -0.2) is 31.0 Å². The zero-order valence-electron chi connectivity index (χ0n) is 11.8. The number of nitrogens with two attached hydrogens (primary N) is 1. The molecule has 0 saturated carbocycles. The average molecular weight is 262 g/mol. The summed E-state index contributed by atoms with van der Waals surface area (Å²) in [4.78, 5) is 14.4. The Kier molecular flexibility index (Phi) is 3.98. The Bertz CT molecular complexity index is 463. The number of methoxy groups -OCH3 is 1. The summed E-state index contributed by atoms with van der Waals surface area (Å²) in [5.41, 5.74) is 7.00. The first kappa shape index (κ1) is 13.7. The fourth-order valence-corrected chi connectivity index (χ4v) is 2.88. The molecule has 0 aliphatic carbocycles. The number of carbonyl (C=O) groups excluding carboxylic acids is 1. The lowest BCUT2D eigenvalue weighted by atomic mass is 9.91. The van der Waals surface area contributed by atoms with Crippen molar-refractivity contribution in [1.82, 2.24) is 4.90 Å². The van der Waals surface area contributed by atoms with Crippen molar-refractivity contribution in [2.45, 2.75) is 20.3 Å². The molecule has 1 fully saturated rings. The Hall–Kier alpha value is -1.71. The third-order valence-corrected chi connectivity index (χ3v) is 3.63. The van der Waals surface area contributed by atoms with Crippen molar-refractivity contribution in [3.8, 4) is 5.75 Å². The van der Waals surface area contributed by atoms with Gasteiger partial charge in [-0.3, -0.25) is 4.79 Å². The standard InChI is InChI=1S/C15H22N2O2/c1-10-6-11(2)9-17(8-10)15(18)12-4-5-14(19-3)13(16)7-12/h4-5,7,10-11H,6,8-9,16H2,1-3H3/t10-,11-/m0/s1. The molecule has 2 N–H and O–H groups in total. The molecule has 1 heterocycles. The van der Waals surface area contributed by atoms with Crippen molar-refractivity contribution in [2.75, 3.05) is 25.9 Å². The number of benzene rings is 1. The van der Waals surface area contributed by atoms with Gasteiger partial charge in [0, 0.05) is 18.7 Å². The van der Waals surface area contributed by atoms with Crippen LogP contribution in [0.3, 0.4) is 0 Å². The highest BCUT2D eigenvalue weighted by atomic mass is 16.5. The normalized spacial score (nSPS) is 23.2. The first-order chi connectivity index (χ1) is 9.01. The summed E-state index contributed by atoms with van der Waals surface area (Å²) < 4.78 is 5.11. The van der Waals surface area contributed by atoms with E-state index in [1.165, 1.54) is 6.42 Å². The Balaban J connectivity index is 2.17.